The molecule has 0 saturated carbocycles. The Morgan fingerprint density at radius 1 is 1.00 bits per heavy atom. The summed E-state index contributed by atoms with van der Waals surface area (Å²) in [5, 5.41) is 1.09. The highest BCUT2D eigenvalue weighted by Crippen LogP contribution is 2.34. The molecule has 0 unspecified atom stereocenters. The van der Waals surface area contributed by atoms with Crippen LogP contribution in [0.25, 0.3) is 10.9 Å². The van der Waals surface area contributed by atoms with Gasteiger partial charge in [-0.15, -0.1) is 0 Å². The number of benzene rings is 2. The number of fused-ring (bicyclic) bond motifs is 1. The van der Waals surface area contributed by atoms with Crippen LogP contribution in [0.4, 0.5) is 5.69 Å². The summed E-state index contributed by atoms with van der Waals surface area (Å²) in [6, 6.07) is 16.2. The molecule has 1 aromatic heterocycles. The molecule has 0 amide bonds. The molecular formula is C15H11BrN2S. The highest BCUT2D eigenvalue weighted by atomic mass is 79.9. The molecule has 0 fully saturated rings. The summed E-state index contributed by atoms with van der Waals surface area (Å²) in [6.45, 7) is 0. The number of halogens is 1. The van der Waals surface area contributed by atoms with Crippen LogP contribution in [0.15, 0.2) is 69.0 Å². The van der Waals surface area contributed by atoms with Crippen LogP contribution < -0.4 is 5.73 Å². The van der Waals surface area contributed by atoms with Gasteiger partial charge in [-0.05, 0) is 36.4 Å². The fourth-order valence-electron chi connectivity index (χ4n) is 1.89. The first-order valence-electron chi connectivity index (χ1n) is 5.81. The third-order valence-corrected chi connectivity index (χ3v) is 4.42. The first-order valence-corrected chi connectivity index (χ1v) is 7.41. The van der Waals surface area contributed by atoms with Gasteiger partial charge >= 0.3 is 0 Å². The van der Waals surface area contributed by atoms with Gasteiger partial charge in [0.25, 0.3) is 0 Å². The number of nitrogen functional groups attached to an aromatic ring is 1. The Morgan fingerprint density at radius 2 is 1.79 bits per heavy atom. The van der Waals surface area contributed by atoms with Gasteiger partial charge in [-0.3, -0.25) is 4.98 Å². The summed E-state index contributed by atoms with van der Waals surface area (Å²) >= 11 is 5.16. The number of anilines is 1. The van der Waals surface area contributed by atoms with E-state index in [4.69, 9.17) is 5.73 Å². The van der Waals surface area contributed by atoms with Crippen molar-refractivity contribution >= 4 is 44.3 Å². The van der Waals surface area contributed by atoms with Gasteiger partial charge in [-0.1, -0.05) is 39.8 Å². The van der Waals surface area contributed by atoms with Gasteiger partial charge < -0.3 is 5.73 Å². The van der Waals surface area contributed by atoms with E-state index in [1.807, 2.05) is 30.3 Å². The molecule has 0 atom stereocenters. The monoisotopic (exact) mass is 330 g/mol. The second kappa shape index (κ2) is 5.23. The minimum Gasteiger partial charge on any atom is -0.397 e. The van der Waals surface area contributed by atoms with Crippen molar-refractivity contribution in [1.29, 1.82) is 0 Å². The summed E-state index contributed by atoms with van der Waals surface area (Å²) in [7, 11) is 0. The van der Waals surface area contributed by atoms with Crippen molar-refractivity contribution < 1.29 is 0 Å². The maximum Gasteiger partial charge on any atom is 0.0942 e. The summed E-state index contributed by atoms with van der Waals surface area (Å²) in [4.78, 5) is 6.71. The molecular weight excluding hydrogens is 320 g/mol. The lowest BCUT2D eigenvalue weighted by atomic mass is 10.2. The lowest BCUT2D eigenvalue weighted by Crippen LogP contribution is -1.90. The molecule has 0 spiro atoms. The quantitative estimate of drug-likeness (QED) is 0.690. The average Bonchev–Trinajstić information content (AvgIpc) is 2.43. The third kappa shape index (κ3) is 2.60. The van der Waals surface area contributed by atoms with Crippen molar-refractivity contribution in [2.45, 2.75) is 9.79 Å². The highest BCUT2D eigenvalue weighted by Gasteiger charge is 2.05. The Balaban J connectivity index is 2.06. The van der Waals surface area contributed by atoms with E-state index in [1.54, 1.807) is 18.0 Å². The maximum absolute atomic E-state index is 5.96. The molecule has 0 bridgehead atoms. The Kier molecular flexibility index (Phi) is 3.44. The van der Waals surface area contributed by atoms with Gasteiger partial charge in [-0.2, -0.15) is 0 Å². The minimum absolute atomic E-state index is 0.718. The topological polar surface area (TPSA) is 38.9 Å². The molecule has 0 aliphatic rings. The Bertz CT molecular complexity index is 726. The van der Waals surface area contributed by atoms with Crippen LogP contribution in [0.5, 0.6) is 0 Å². The molecule has 2 aromatic carbocycles. The molecule has 0 radical (unpaired) electrons. The van der Waals surface area contributed by atoms with Crippen LogP contribution in [0, 0.1) is 0 Å². The predicted octanol–water partition coefficient (Wildman–Crippen LogP) is 4.73. The van der Waals surface area contributed by atoms with Crippen molar-refractivity contribution in [2.24, 2.45) is 0 Å². The van der Waals surface area contributed by atoms with E-state index in [0.717, 1.165) is 21.1 Å². The largest absolute Gasteiger partial charge is 0.397 e. The van der Waals surface area contributed by atoms with E-state index in [1.165, 1.54) is 9.79 Å². The van der Waals surface area contributed by atoms with Crippen LogP contribution >= 0.6 is 27.7 Å². The smallest absolute Gasteiger partial charge is 0.0942 e. The summed E-state index contributed by atoms with van der Waals surface area (Å²) in [6.07, 6.45) is 1.81. The first kappa shape index (κ1) is 12.5. The van der Waals surface area contributed by atoms with E-state index in [2.05, 4.69) is 39.1 Å². The zero-order valence-corrected chi connectivity index (χ0v) is 12.4. The predicted molar refractivity (Wildman–Crippen MR) is 84.4 cm³/mol. The highest BCUT2D eigenvalue weighted by molar-refractivity contribution is 9.10. The zero-order chi connectivity index (χ0) is 13.2. The Hall–Kier alpha value is -1.52. The van der Waals surface area contributed by atoms with Crippen LogP contribution in [0.3, 0.4) is 0 Å². The Labute approximate surface area is 124 Å². The van der Waals surface area contributed by atoms with Crippen LogP contribution in [-0.2, 0) is 0 Å². The molecule has 0 saturated heterocycles. The van der Waals surface area contributed by atoms with Gasteiger partial charge in [0.2, 0.25) is 0 Å². The number of hydrogen-bond acceptors (Lipinski definition) is 3. The molecule has 2 nitrogen and oxygen atoms in total. The average molecular weight is 331 g/mol. The number of nitrogens with two attached hydrogens (primary N) is 1. The van der Waals surface area contributed by atoms with Crippen molar-refractivity contribution in [1.82, 2.24) is 4.98 Å². The second-order valence-electron chi connectivity index (χ2n) is 4.11. The van der Waals surface area contributed by atoms with Crippen molar-refractivity contribution in [3.05, 3.63) is 59.2 Å². The number of pyridine rings is 1. The van der Waals surface area contributed by atoms with E-state index in [9.17, 15) is 0 Å². The van der Waals surface area contributed by atoms with E-state index < -0.39 is 0 Å². The lowest BCUT2D eigenvalue weighted by Gasteiger charge is -2.07. The van der Waals surface area contributed by atoms with Crippen LogP contribution in [0.2, 0.25) is 0 Å². The number of para-hydroxylation sites is 1. The van der Waals surface area contributed by atoms with Gasteiger partial charge in [0.1, 0.15) is 0 Å². The molecule has 3 rings (SSSR count). The summed E-state index contributed by atoms with van der Waals surface area (Å²) in [5.41, 5.74) is 7.54. The van der Waals surface area contributed by atoms with E-state index in [0.29, 0.717) is 0 Å². The molecule has 2 N–H and O–H groups in total. The van der Waals surface area contributed by atoms with Gasteiger partial charge in [0.15, 0.2) is 0 Å². The third-order valence-electron chi connectivity index (χ3n) is 2.80. The molecule has 3 aromatic rings. The second-order valence-corrected chi connectivity index (χ2v) is 6.14. The number of rotatable bonds is 2. The molecule has 0 aliphatic heterocycles. The number of aromatic nitrogens is 1. The van der Waals surface area contributed by atoms with Crippen molar-refractivity contribution in [3.8, 4) is 0 Å². The van der Waals surface area contributed by atoms with E-state index in [-0.39, 0.29) is 0 Å². The van der Waals surface area contributed by atoms with E-state index >= 15 is 0 Å². The molecule has 1 heterocycles. The number of nitrogens with zero attached hydrogens (tertiary/aromatic N) is 1. The molecule has 19 heavy (non-hydrogen) atoms. The Morgan fingerprint density at radius 3 is 2.58 bits per heavy atom. The lowest BCUT2D eigenvalue weighted by molar-refractivity contribution is 1.34. The van der Waals surface area contributed by atoms with Gasteiger partial charge in [0, 0.05) is 25.8 Å². The van der Waals surface area contributed by atoms with Crippen LogP contribution in [-0.4, -0.2) is 4.98 Å². The summed E-state index contributed by atoms with van der Waals surface area (Å²) in [5.74, 6) is 0. The summed E-state index contributed by atoms with van der Waals surface area (Å²) < 4.78 is 1.08. The van der Waals surface area contributed by atoms with Crippen molar-refractivity contribution in [2.75, 3.05) is 5.73 Å². The van der Waals surface area contributed by atoms with Crippen molar-refractivity contribution in [3.63, 3.8) is 0 Å². The minimum atomic E-state index is 0.718. The maximum atomic E-state index is 5.96. The fourth-order valence-corrected chi connectivity index (χ4v) is 3.09. The van der Waals surface area contributed by atoms with Crippen LogP contribution in [0.1, 0.15) is 0 Å². The molecule has 0 aliphatic carbocycles. The first-order chi connectivity index (χ1) is 9.24. The zero-order valence-electron chi connectivity index (χ0n) is 10.0. The van der Waals surface area contributed by atoms with Gasteiger partial charge in [0.05, 0.1) is 11.2 Å². The van der Waals surface area contributed by atoms with Gasteiger partial charge in [-0.25, -0.2) is 0 Å². The molecule has 94 valence electrons. The molecule has 4 heteroatoms. The number of hydrogen-bond donors (Lipinski definition) is 1. The SMILES string of the molecule is Nc1cccc2c(Sc3ccc(Br)cc3)ccnc12. The fraction of sp³-hybridized carbons (Fsp3) is 0. The standard InChI is InChI=1S/C15H11BrN2S/c16-10-4-6-11(7-5-10)19-14-8-9-18-15-12(14)2-1-3-13(15)17/h1-9H,17H2. The normalized spacial score (nSPS) is 10.8.